The number of aryl methyl sites for hydroxylation is 1. The maximum atomic E-state index is 13.7. The molecule has 2 N–H and O–H groups in total. The van der Waals surface area contributed by atoms with Crippen LogP contribution in [0.5, 0.6) is 0 Å². The summed E-state index contributed by atoms with van der Waals surface area (Å²) in [4.78, 5) is 47.0. The predicted molar refractivity (Wildman–Crippen MR) is 125 cm³/mol. The molecule has 8 nitrogen and oxygen atoms in total. The lowest BCUT2D eigenvalue weighted by Gasteiger charge is -2.25. The summed E-state index contributed by atoms with van der Waals surface area (Å²) in [7, 11) is 0. The minimum absolute atomic E-state index is 0.0520. The molecule has 0 bridgehead atoms. The van der Waals surface area contributed by atoms with E-state index in [1.54, 1.807) is 45.3 Å². The number of aliphatic hydroxyl groups excluding tert-OH is 1. The monoisotopic (exact) mass is 477 g/mol. The molecule has 1 amide bonds. The van der Waals surface area contributed by atoms with E-state index in [0.29, 0.717) is 22.4 Å². The number of aromatic amines is 1. The van der Waals surface area contributed by atoms with Crippen LogP contribution in [0.15, 0.2) is 54.4 Å². The molecular formula is C26H24FN3O5. The molecule has 0 aliphatic carbocycles. The average molecular weight is 477 g/mol. The lowest BCUT2D eigenvalue weighted by molar-refractivity contribution is -0.140. The molecule has 0 spiro atoms. The number of H-pyrrole nitrogens is 1. The molecule has 1 fully saturated rings. The van der Waals surface area contributed by atoms with Gasteiger partial charge in [-0.25, -0.2) is 9.18 Å². The van der Waals surface area contributed by atoms with Gasteiger partial charge in [-0.05, 0) is 55.7 Å². The third-order valence-electron chi connectivity index (χ3n) is 5.96. The largest absolute Gasteiger partial charge is 0.507 e. The summed E-state index contributed by atoms with van der Waals surface area (Å²) in [6, 6.07) is 7.89. The number of hydrogen-bond acceptors (Lipinski definition) is 6. The Hall–Kier alpha value is -4.27. The van der Waals surface area contributed by atoms with E-state index >= 15 is 0 Å². The van der Waals surface area contributed by atoms with Crippen molar-refractivity contribution in [2.75, 3.05) is 6.61 Å². The molecule has 0 unspecified atom stereocenters. The number of halogens is 1. The van der Waals surface area contributed by atoms with Crippen LogP contribution in [0.1, 0.15) is 51.4 Å². The number of pyridine rings is 1. The lowest BCUT2D eigenvalue weighted by Crippen LogP contribution is -2.29. The first-order valence-electron chi connectivity index (χ1n) is 11.0. The highest BCUT2D eigenvalue weighted by Crippen LogP contribution is 2.41. The van der Waals surface area contributed by atoms with Gasteiger partial charge in [0.05, 0.1) is 18.2 Å². The maximum Gasteiger partial charge on any atom is 0.355 e. The van der Waals surface area contributed by atoms with Crippen molar-refractivity contribution >= 4 is 23.4 Å². The highest BCUT2D eigenvalue weighted by atomic mass is 19.1. The van der Waals surface area contributed by atoms with Crippen LogP contribution in [0.25, 0.3) is 5.76 Å². The minimum atomic E-state index is -0.976. The molecule has 1 aliphatic heterocycles. The number of nitrogens with one attached hydrogen (secondary N) is 1. The van der Waals surface area contributed by atoms with E-state index in [2.05, 4.69) is 9.97 Å². The maximum absolute atomic E-state index is 13.7. The van der Waals surface area contributed by atoms with Crippen molar-refractivity contribution in [3.63, 3.8) is 0 Å². The number of hydrogen-bond donors (Lipinski definition) is 2. The van der Waals surface area contributed by atoms with Crippen LogP contribution >= 0.6 is 0 Å². The molecule has 9 heteroatoms. The van der Waals surface area contributed by atoms with Crippen molar-refractivity contribution < 1.29 is 28.6 Å². The second-order valence-electron chi connectivity index (χ2n) is 8.19. The van der Waals surface area contributed by atoms with Crippen LogP contribution in [0.2, 0.25) is 0 Å². The zero-order valence-electron chi connectivity index (χ0n) is 19.5. The third-order valence-corrected chi connectivity index (χ3v) is 5.96. The number of ether oxygens (including phenoxy) is 1. The van der Waals surface area contributed by atoms with Crippen LogP contribution in [0, 0.1) is 19.7 Å². The quantitative estimate of drug-likeness (QED) is 0.241. The molecule has 1 aliphatic rings. The number of carbonyl (C=O) groups excluding carboxylic acids is 3. The normalized spacial score (nSPS) is 17.1. The van der Waals surface area contributed by atoms with Crippen molar-refractivity contribution in [2.24, 2.45) is 0 Å². The van der Waals surface area contributed by atoms with Gasteiger partial charge in [0.1, 0.15) is 17.3 Å². The molecule has 180 valence electrons. The number of nitrogens with zero attached hydrogens (tertiary/aromatic N) is 2. The van der Waals surface area contributed by atoms with Crippen LogP contribution in [0.4, 0.5) is 4.39 Å². The molecule has 2 aromatic heterocycles. The summed E-state index contributed by atoms with van der Waals surface area (Å²) in [6.45, 7) is 5.15. The number of esters is 1. The number of rotatable bonds is 6. The first-order chi connectivity index (χ1) is 16.7. The fourth-order valence-electron chi connectivity index (χ4n) is 4.37. The Bertz CT molecular complexity index is 1330. The van der Waals surface area contributed by atoms with Gasteiger partial charge in [0, 0.05) is 30.2 Å². The van der Waals surface area contributed by atoms with Crippen LogP contribution in [-0.4, -0.2) is 44.2 Å². The van der Waals surface area contributed by atoms with Gasteiger partial charge in [0.2, 0.25) is 0 Å². The number of likely N-dealkylation sites (tertiary alicyclic amines) is 1. The Labute approximate surface area is 201 Å². The molecule has 35 heavy (non-hydrogen) atoms. The summed E-state index contributed by atoms with van der Waals surface area (Å²) in [6.07, 6.45) is 3.17. The van der Waals surface area contributed by atoms with Gasteiger partial charge in [0.15, 0.2) is 0 Å². The number of Topliss-reactive ketones (excluding diaryl/α,β-unsaturated/α-hetero) is 1. The summed E-state index contributed by atoms with van der Waals surface area (Å²) in [5.74, 6) is -3.18. The first-order valence-corrected chi connectivity index (χ1v) is 11.0. The Morgan fingerprint density at radius 2 is 1.91 bits per heavy atom. The van der Waals surface area contributed by atoms with Crippen molar-refractivity contribution in [1.82, 2.24) is 14.9 Å². The van der Waals surface area contributed by atoms with E-state index in [1.165, 1.54) is 29.2 Å². The zero-order valence-corrected chi connectivity index (χ0v) is 19.5. The standard InChI is InChI=1S/C26H24FN3O5/c1-4-35-26(34)21-14(2)19(15(3)29-21)23(31)20-22(17-7-9-18(27)10-8-17)30(25(33)24(20)32)13-16-6-5-11-28-12-16/h5-12,22,29,31H,4,13H2,1-3H3/b23-20+/t22-/m1/s1. The smallest absolute Gasteiger partial charge is 0.355 e. The van der Waals surface area contributed by atoms with Crippen LogP contribution in [0.3, 0.4) is 0 Å². The van der Waals surface area contributed by atoms with E-state index in [1.807, 2.05) is 0 Å². The topological polar surface area (TPSA) is 113 Å². The first kappa shape index (κ1) is 23.9. The number of benzene rings is 1. The molecule has 4 rings (SSSR count). The van der Waals surface area contributed by atoms with Gasteiger partial charge < -0.3 is 19.7 Å². The molecule has 3 aromatic rings. The van der Waals surface area contributed by atoms with E-state index in [0.717, 1.165) is 0 Å². The summed E-state index contributed by atoms with van der Waals surface area (Å²) in [5, 5.41) is 11.4. The van der Waals surface area contributed by atoms with Gasteiger partial charge in [-0.3, -0.25) is 14.6 Å². The van der Waals surface area contributed by atoms with Gasteiger partial charge in [-0.15, -0.1) is 0 Å². The van der Waals surface area contributed by atoms with Crippen LogP contribution in [-0.2, 0) is 20.9 Å². The average Bonchev–Trinajstić information content (AvgIpc) is 3.27. The highest BCUT2D eigenvalue weighted by molar-refractivity contribution is 6.46. The number of ketones is 1. The Morgan fingerprint density at radius 3 is 2.54 bits per heavy atom. The lowest BCUT2D eigenvalue weighted by atomic mass is 9.94. The fraction of sp³-hybridized carbons (Fsp3) is 0.231. The van der Waals surface area contributed by atoms with Gasteiger partial charge in [0.25, 0.3) is 11.7 Å². The van der Waals surface area contributed by atoms with E-state index in [-0.39, 0.29) is 30.0 Å². The Balaban J connectivity index is 1.89. The third kappa shape index (κ3) is 4.32. The summed E-state index contributed by atoms with van der Waals surface area (Å²) < 4.78 is 18.7. The predicted octanol–water partition coefficient (Wildman–Crippen LogP) is 3.96. The molecular weight excluding hydrogens is 453 g/mol. The minimum Gasteiger partial charge on any atom is -0.507 e. The van der Waals surface area contributed by atoms with Crippen molar-refractivity contribution in [3.05, 3.63) is 93.8 Å². The molecule has 0 radical (unpaired) electrons. The number of aromatic nitrogens is 2. The van der Waals surface area contributed by atoms with E-state index < -0.39 is 35.3 Å². The van der Waals surface area contributed by atoms with Gasteiger partial charge in [-0.1, -0.05) is 18.2 Å². The fourth-order valence-corrected chi connectivity index (χ4v) is 4.37. The second kappa shape index (κ2) is 9.54. The molecule has 1 aromatic carbocycles. The van der Waals surface area contributed by atoms with Gasteiger partial charge >= 0.3 is 5.97 Å². The van der Waals surface area contributed by atoms with Crippen molar-refractivity contribution in [2.45, 2.75) is 33.4 Å². The van der Waals surface area contributed by atoms with E-state index in [4.69, 9.17) is 4.74 Å². The van der Waals surface area contributed by atoms with Gasteiger partial charge in [-0.2, -0.15) is 0 Å². The SMILES string of the molecule is CCOC(=O)c1[nH]c(C)c(/C(O)=C2\C(=O)C(=O)N(Cc3cccnc3)[C@@H]2c2ccc(F)cc2)c1C. The second-order valence-corrected chi connectivity index (χ2v) is 8.19. The summed E-state index contributed by atoms with van der Waals surface area (Å²) >= 11 is 0. The van der Waals surface area contributed by atoms with Crippen molar-refractivity contribution in [1.29, 1.82) is 0 Å². The van der Waals surface area contributed by atoms with E-state index in [9.17, 15) is 23.9 Å². The molecule has 3 heterocycles. The number of aliphatic hydroxyl groups is 1. The Morgan fingerprint density at radius 1 is 1.20 bits per heavy atom. The highest BCUT2D eigenvalue weighted by Gasteiger charge is 2.46. The van der Waals surface area contributed by atoms with Crippen molar-refractivity contribution in [3.8, 4) is 0 Å². The molecule has 1 saturated heterocycles. The summed E-state index contributed by atoms with van der Waals surface area (Å²) in [5.41, 5.74) is 2.18. The molecule has 1 atom stereocenters. The van der Waals surface area contributed by atoms with Crippen LogP contribution < -0.4 is 0 Å². The molecule has 0 saturated carbocycles. The Kier molecular flexibility index (Phi) is 6.50. The number of carbonyl (C=O) groups is 3. The number of amides is 1. The zero-order chi connectivity index (χ0) is 25.3.